The van der Waals surface area contributed by atoms with E-state index in [-0.39, 0.29) is 17.2 Å². The van der Waals surface area contributed by atoms with Crippen molar-refractivity contribution < 1.29 is 4.79 Å². The lowest BCUT2D eigenvalue weighted by Crippen LogP contribution is -2.26. The van der Waals surface area contributed by atoms with Crippen LogP contribution in [0.2, 0.25) is 5.28 Å². The van der Waals surface area contributed by atoms with Crippen LogP contribution in [-0.2, 0) is 0 Å². The van der Waals surface area contributed by atoms with Crippen LogP contribution in [0.1, 0.15) is 43.7 Å². The molecule has 0 aliphatic heterocycles. The maximum absolute atomic E-state index is 12.1. The average molecular weight is 281 g/mol. The lowest BCUT2D eigenvalue weighted by molar-refractivity contribution is 0.0945. The number of rotatable bonds is 4. The summed E-state index contributed by atoms with van der Waals surface area (Å²) in [5.74, 6) is -0.100. The molecular formula is C13H17ClN4O. The van der Waals surface area contributed by atoms with Crippen molar-refractivity contribution in [2.75, 3.05) is 6.54 Å². The summed E-state index contributed by atoms with van der Waals surface area (Å²) in [6, 6.07) is 1.98. The maximum atomic E-state index is 12.1. The van der Waals surface area contributed by atoms with E-state index in [9.17, 15) is 4.79 Å². The zero-order chi connectivity index (χ0) is 14.0. The van der Waals surface area contributed by atoms with Gasteiger partial charge in [-0.25, -0.2) is 4.98 Å². The topological polar surface area (TPSA) is 59.8 Å². The van der Waals surface area contributed by atoms with E-state index < -0.39 is 0 Å². The van der Waals surface area contributed by atoms with E-state index in [0.29, 0.717) is 17.9 Å². The quantitative estimate of drug-likeness (QED) is 0.876. The van der Waals surface area contributed by atoms with Gasteiger partial charge < -0.3 is 9.88 Å². The number of nitrogens with one attached hydrogen (secondary N) is 1. The number of aromatic nitrogens is 3. The minimum Gasteiger partial charge on any atom is -0.351 e. The van der Waals surface area contributed by atoms with Crippen molar-refractivity contribution in [3.05, 3.63) is 23.2 Å². The normalized spacial score (nSPS) is 12.6. The molecule has 0 aliphatic rings. The first-order valence-electron chi connectivity index (χ1n) is 6.40. The van der Waals surface area contributed by atoms with E-state index >= 15 is 0 Å². The Kier molecular flexibility index (Phi) is 4.04. The number of halogens is 1. The first-order valence-corrected chi connectivity index (χ1v) is 6.77. The molecule has 0 spiro atoms. The van der Waals surface area contributed by atoms with Crippen molar-refractivity contribution in [1.29, 1.82) is 0 Å². The average Bonchev–Trinajstić information content (AvgIpc) is 2.76. The highest BCUT2D eigenvalue weighted by molar-refractivity contribution is 6.28. The molecule has 2 rings (SSSR count). The van der Waals surface area contributed by atoms with E-state index in [2.05, 4.69) is 29.1 Å². The number of carbonyl (C=O) groups is 1. The largest absolute Gasteiger partial charge is 0.351 e. The Labute approximate surface area is 117 Å². The molecule has 6 heteroatoms. The van der Waals surface area contributed by atoms with Gasteiger partial charge in [-0.15, -0.1) is 0 Å². The molecule has 0 aliphatic carbocycles. The molecule has 0 fully saturated rings. The summed E-state index contributed by atoms with van der Waals surface area (Å²) in [5.41, 5.74) is 1.30. The van der Waals surface area contributed by atoms with Crippen LogP contribution in [0.3, 0.4) is 0 Å². The highest BCUT2D eigenvalue weighted by Gasteiger charge is 2.19. The van der Waals surface area contributed by atoms with Gasteiger partial charge in [-0.1, -0.05) is 6.92 Å². The monoisotopic (exact) mass is 280 g/mol. The Morgan fingerprint density at radius 1 is 1.53 bits per heavy atom. The molecule has 0 radical (unpaired) electrons. The summed E-state index contributed by atoms with van der Waals surface area (Å²) in [6.07, 6.45) is 2.55. The third kappa shape index (κ3) is 2.56. The second kappa shape index (κ2) is 5.57. The Morgan fingerprint density at radius 2 is 2.26 bits per heavy atom. The summed E-state index contributed by atoms with van der Waals surface area (Å²) in [7, 11) is 0. The van der Waals surface area contributed by atoms with Crippen molar-refractivity contribution in [3.63, 3.8) is 0 Å². The summed E-state index contributed by atoms with van der Waals surface area (Å²) in [6.45, 7) is 6.61. The third-order valence-corrected chi connectivity index (χ3v) is 3.33. The molecule has 0 saturated heterocycles. The van der Waals surface area contributed by atoms with Crippen LogP contribution in [0.4, 0.5) is 0 Å². The Hall–Kier alpha value is -1.62. The molecule has 2 aromatic heterocycles. The molecule has 1 atom stereocenters. The zero-order valence-electron chi connectivity index (χ0n) is 11.3. The molecule has 0 bridgehead atoms. The van der Waals surface area contributed by atoms with E-state index in [1.165, 1.54) is 0 Å². The smallest absolute Gasteiger partial charge is 0.267 e. The Balaban J connectivity index is 2.65. The zero-order valence-corrected chi connectivity index (χ0v) is 12.0. The fraction of sp³-hybridized carbons (Fsp3) is 0.462. The van der Waals surface area contributed by atoms with E-state index in [1.54, 1.807) is 6.20 Å². The predicted octanol–water partition coefficient (Wildman–Crippen LogP) is 2.81. The van der Waals surface area contributed by atoms with E-state index in [0.717, 1.165) is 11.8 Å². The molecule has 1 amide bonds. The number of hydrogen-bond acceptors (Lipinski definition) is 3. The minimum absolute atomic E-state index is 0.100. The number of amides is 1. The van der Waals surface area contributed by atoms with Crippen molar-refractivity contribution in [2.45, 2.75) is 33.2 Å². The van der Waals surface area contributed by atoms with Crippen LogP contribution >= 0.6 is 11.6 Å². The second-order valence-electron chi connectivity index (χ2n) is 4.43. The van der Waals surface area contributed by atoms with Crippen molar-refractivity contribution in [3.8, 4) is 0 Å². The van der Waals surface area contributed by atoms with Gasteiger partial charge in [0.05, 0.1) is 0 Å². The maximum Gasteiger partial charge on any atom is 0.267 e. The molecule has 5 nitrogen and oxygen atoms in total. The summed E-state index contributed by atoms with van der Waals surface area (Å²) in [5, 5.41) is 3.83. The fourth-order valence-corrected chi connectivity index (χ4v) is 2.17. The SMILES string of the molecule is CCNC(=O)c1cc2cnc(Cl)nc2n1C(C)CC. The lowest BCUT2D eigenvalue weighted by atomic mass is 10.2. The third-order valence-electron chi connectivity index (χ3n) is 3.15. The van der Waals surface area contributed by atoms with Crippen LogP contribution in [-0.4, -0.2) is 27.0 Å². The van der Waals surface area contributed by atoms with Gasteiger partial charge in [-0.3, -0.25) is 4.79 Å². The van der Waals surface area contributed by atoms with Crippen molar-refractivity contribution in [2.24, 2.45) is 0 Å². The number of nitrogens with zero attached hydrogens (tertiary/aromatic N) is 3. The summed E-state index contributed by atoms with van der Waals surface area (Å²) < 4.78 is 1.92. The van der Waals surface area contributed by atoms with Gasteiger partial charge in [-0.05, 0) is 37.9 Å². The van der Waals surface area contributed by atoms with Crippen LogP contribution in [0.25, 0.3) is 11.0 Å². The molecule has 0 saturated carbocycles. The highest BCUT2D eigenvalue weighted by Crippen LogP contribution is 2.24. The van der Waals surface area contributed by atoms with Gasteiger partial charge in [0.2, 0.25) is 5.28 Å². The molecule has 2 aromatic rings. The molecule has 102 valence electrons. The number of carbonyl (C=O) groups excluding carboxylic acids is 1. The first kappa shape index (κ1) is 13.8. The standard InChI is InChI=1S/C13H17ClN4O/c1-4-8(3)18-10(12(19)15-5-2)6-9-7-16-13(14)17-11(9)18/h6-8H,4-5H2,1-3H3,(H,15,19). The molecular weight excluding hydrogens is 264 g/mol. The van der Waals surface area contributed by atoms with Crippen LogP contribution < -0.4 is 5.32 Å². The highest BCUT2D eigenvalue weighted by atomic mass is 35.5. The molecule has 1 unspecified atom stereocenters. The first-order chi connectivity index (χ1) is 9.08. The van der Waals surface area contributed by atoms with Crippen LogP contribution in [0.5, 0.6) is 0 Å². The molecule has 19 heavy (non-hydrogen) atoms. The Bertz CT molecular complexity index is 608. The molecule has 1 N–H and O–H groups in total. The van der Waals surface area contributed by atoms with Crippen molar-refractivity contribution in [1.82, 2.24) is 19.9 Å². The van der Waals surface area contributed by atoms with Crippen molar-refractivity contribution >= 4 is 28.5 Å². The summed E-state index contributed by atoms with van der Waals surface area (Å²) >= 11 is 5.85. The van der Waals surface area contributed by atoms with Gasteiger partial charge >= 0.3 is 0 Å². The molecule has 2 heterocycles. The van der Waals surface area contributed by atoms with Gasteiger partial charge in [0.25, 0.3) is 5.91 Å². The van der Waals surface area contributed by atoms with Gasteiger partial charge in [0, 0.05) is 24.2 Å². The minimum atomic E-state index is -0.100. The summed E-state index contributed by atoms with van der Waals surface area (Å²) in [4.78, 5) is 20.3. The number of fused-ring (bicyclic) bond motifs is 1. The van der Waals surface area contributed by atoms with Gasteiger partial charge in [0.15, 0.2) is 0 Å². The van der Waals surface area contributed by atoms with Crippen LogP contribution in [0.15, 0.2) is 12.3 Å². The molecule has 0 aromatic carbocycles. The number of hydrogen-bond donors (Lipinski definition) is 1. The Morgan fingerprint density at radius 3 is 2.89 bits per heavy atom. The van der Waals surface area contributed by atoms with E-state index in [4.69, 9.17) is 11.6 Å². The fourth-order valence-electron chi connectivity index (χ4n) is 2.04. The lowest BCUT2D eigenvalue weighted by Gasteiger charge is -2.16. The van der Waals surface area contributed by atoms with Crippen LogP contribution in [0, 0.1) is 0 Å². The predicted molar refractivity (Wildman–Crippen MR) is 75.5 cm³/mol. The second-order valence-corrected chi connectivity index (χ2v) is 4.77. The van der Waals surface area contributed by atoms with E-state index in [1.807, 2.05) is 17.6 Å². The van der Waals surface area contributed by atoms with Gasteiger partial charge in [0.1, 0.15) is 11.3 Å². The van der Waals surface area contributed by atoms with Gasteiger partial charge in [-0.2, -0.15) is 4.98 Å².